The third kappa shape index (κ3) is 6.72. The highest BCUT2D eigenvalue weighted by molar-refractivity contribution is 5.83. The fourth-order valence-corrected chi connectivity index (χ4v) is 6.08. The van der Waals surface area contributed by atoms with Crippen LogP contribution in [0.15, 0.2) is 42.5 Å². The SMILES string of the molecule is COc1cccc(CN(C(=O)CC(C)(C)C)C2CC(C(=O)N3CCCCC3)N(Cc3ccc4c(c3)OCO4)C2)c1. The summed E-state index contributed by atoms with van der Waals surface area (Å²) < 4.78 is 16.6. The Balaban J connectivity index is 1.42. The molecule has 2 atom stereocenters. The van der Waals surface area contributed by atoms with Gasteiger partial charge in [-0.2, -0.15) is 0 Å². The second-order valence-corrected chi connectivity index (χ2v) is 12.5. The zero-order chi connectivity index (χ0) is 28.3. The lowest BCUT2D eigenvalue weighted by Gasteiger charge is -2.32. The van der Waals surface area contributed by atoms with E-state index in [1.165, 1.54) is 6.42 Å². The fraction of sp³-hybridized carbons (Fsp3) is 0.562. The predicted octanol–water partition coefficient (Wildman–Crippen LogP) is 4.84. The van der Waals surface area contributed by atoms with Gasteiger partial charge in [0.25, 0.3) is 0 Å². The van der Waals surface area contributed by atoms with Crippen LogP contribution in [-0.2, 0) is 22.7 Å². The van der Waals surface area contributed by atoms with Crippen molar-refractivity contribution in [3.05, 3.63) is 53.6 Å². The van der Waals surface area contributed by atoms with Gasteiger partial charge in [0.15, 0.2) is 11.5 Å². The molecule has 3 aliphatic heterocycles. The van der Waals surface area contributed by atoms with Gasteiger partial charge in [-0.1, -0.05) is 39.0 Å². The van der Waals surface area contributed by atoms with Crippen molar-refractivity contribution in [2.24, 2.45) is 5.41 Å². The van der Waals surface area contributed by atoms with Crippen molar-refractivity contribution in [1.82, 2.24) is 14.7 Å². The molecule has 0 N–H and O–H groups in total. The summed E-state index contributed by atoms with van der Waals surface area (Å²) >= 11 is 0. The lowest BCUT2D eigenvalue weighted by atomic mass is 9.91. The number of rotatable bonds is 8. The van der Waals surface area contributed by atoms with Gasteiger partial charge in [-0.25, -0.2) is 0 Å². The number of carbonyl (C=O) groups excluding carboxylic acids is 2. The molecule has 3 aliphatic rings. The molecule has 2 fully saturated rings. The van der Waals surface area contributed by atoms with Crippen LogP contribution in [0.5, 0.6) is 17.2 Å². The molecule has 0 saturated carbocycles. The molecular formula is C32H43N3O5. The zero-order valence-corrected chi connectivity index (χ0v) is 24.4. The third-order valence-electron chi connectivity index (χ3n) is 8.09. The second kappa shape index (κ2) is 12.1. The number of methoxy groups -OCH3 is 1. The Morgan fingerprint density at radius 3 is 2.52 bits per heavy atom. The molecule has 0 aliphatic carbocycles. The van der Waals surface area contributed by atoms with Crippen molar-refractivity contribution in [2.75, 3.05) is 33.5 Å². The van der Waals surface area contributed by atoms with E-state index in [2.05, 4.69) is 25.7 Å². The number of hydrogen-bond donors (Lipinski definition) is 0. The number of piperidine rings is 1. The minimum atomic E-state index is -0.274. The first kappa shape index (κ1) is 28.3. The Morgan fingerprint density at radius 2 is 1.77 bits per heavy atom. The lowest BCUT2D eigenvalue weighted by molar-refractivity contribution is -0.138. The number of nitrogens with zero attached hydrogens (tertiary/aromatic N) is 3. The van der Waals surface area contributed by atoms with E-state index >= 15 is 0 Å². The highest BCUT2D eigenvalue weighted by Crippen LogP contribution is 2.35. The smallest absolute Gasteiger partial charge is 0.240 e. The van der Waals surface area contributed by atoms with E-state index in [0.717, 1.165) is 54.3 Å². The first-order chi connectivity index (χ1) is 19.2. The molecule has 2 aromatic rings. The van der Waals surface area contributed by atoms with Gasteiger partial charge in [0.2, 0.25) is 18.6 Å². The average molecular weight is 550 g/mol. The first-order valence-electron chi connectivity index (χ1n) is 14.5. The summed E-state index contributed by atoms with van der Waals surface area (Å²) in [5, 5.41) is 0. The molecule has 8 nitrogen and oxygen atoms in total. The Kier molecular flexibility index (Phi) is 8.54. The summed E-state index contributed by atoms with van der Waals surface area (Å²) in [6, 6.07) is 13.6. The van der Waals surface area contributed by atoms with Crippen molar-refractivity contribution in [1.29, 1.82) is 0 Å². The van der Waals surface area contributed by atoms with Gasteiger partial charge in [0, 0.05) is 45.2 Å². The molecule has 0 bridgehead atoms. The summed E-state index contributed by atoms with van der Waals surface area (Å²) in [5.74, 6) is 2.57. The maximum atomic E-state index is 13.9. The van der Waals surface area contributed by atoms with Crippen LogP contribution in [-0.4, -0.2) is 72.1 Å². The van der Waals surface area contributed by atoms with Crippen LogP contribution in [0, 0.1) is 5.41 Å². The number of carbonyl (C=O) groups is 2. The number of amides is 2. The van der Waals surface area contributed by atoms with Crippen molar-refractivity contribution in [3.8, 4) is 17.2 Å². The Bertz CT molecular complexity index is 1200. The molecule has 3 heterocycles. The quantitative estimate of drug-likeness (QED) is 0.469. The fourth-order valence-electron chi connectivity index (χ4n) is 6.08. The molecule has 216 valence electrons. The topological polar surface area (TPSA) is 71.6 Å². The van der Waals surface area contributed by atoms with Gasteiger partial charge in [0.05, 0.1) is 13.2 Å². The minimum Gasteiger partial charge on any atom is -0.497 e. The molecular weight excluding hydrogens is 506 g/mol. The van der Waals surface area contributed by atoms with Crippen LogP contribution in [0.3, 0.4) is 0 Å². The second-order valence-electron chi connectivity index (χ2n) is 12.5. The van der Waals surface area contributed by atoms with E-state index in [0.29, 0.717) is 32.5 Å². The number of likely N-dealkylation sites (tertiary alicyclic amines) is 2. The number of fused-ring (bicyclic) bond motifs is 1. The van der Waals surface area contributed by atoms with Crippen LogP contribution >= 0.6 is 0 Å². The monoisotopic (exact) mass is 549 g/mol. The molecule has 5 rings (SSSR count). The molecule has 0 aromatic heterocycles. The minimum absolute atomic E-state index is 0.0752. The maximum absolute atomic E-state index is 13.9. The third-order valence-corrected chi connectivity index (χ3v) is 8.09. The van der Waals surface area contributed by atoms with E-state index < -0.39 is 0 Å². The summed E-state index contributed by atoms with van der Waals surface area (Å²) in [6.45, 7) is 9.88. The lowest BCUT2D eigenvalue weighted by Crippen LogP contribution is -2.47. The van der Waals surface area contributed by atoms with E-state index in [-0.39, 0.29) is 36.1 Å². The van der Waals surface area contributed by atoms with E-state index in [1.54, 1.807) is 7.11 Å². The average Bonchev–Trinajstić information content (AvgIpc) is 3.58. The molecule has 8 heteroatoms. The molecule has 40 heavy (non-hydrogen) atoms. The molecule has 0 radical (unpaired) electrons. The van der Waals surface area contributed by atoms with Gasteiger partial charge in [-0.3, -0.25) is 14.5 Å². The Hall–Kier alpha value is -3.26. The number of benzene rings is 2. The Labute approximate surface area is 238 Å². The van der Waals surface area contributed by atoms with Crippen molar-refractivity contribution >= 4 is 11.8 Å². The van der Waals surface area contributed by atoms with E-state index in [9.17, 15) is 9.59 Å². The summed E-state index contributed by atoms with van der Waals surface area (Å²) in [4.78, 5) is 34.1. The normalized spacial score (nSPS) is 20.9. The van der Waals surface area contributed by atoms with Gasteiger partial charge in [-0.05, 0) is 66.5 Å². The number of ether oxygens (including phenoxy) is 3. The molecule has 2 amide bonds. The van der Waals surface area contributed by atoms with Crippen molar-refractivity contribution < 1.29 is 23.8 Å². The molecule has 2 saturated heterocycles. The zero-order valence-electron chi connectivity index (χ0n) is 24.4. The Morgan fingerprint density at radius 1 is 1.00 bits per heavy atom. The van der Waals surface area contributed by atoms with Crippen LogP contribution < -0.4 is 14.2 Å². The largest absolute Gasteiger partial charge is 0.497 e. The number of hydrogen-bond acceptors (Lipinski definition) is 6. The van der Waals surface area contributed by atoms with Gasteiger partial charge < -0.3 is 24.0 Å². The summed E-state index contributed by atoms with van der Waals surface area (Å²) in [7, 11) is 1.66. The van der Waals surface area contributed by atoms with Crippen LogP contribution in [0.2, 0.25) is 0 Å². The summed E-state index contributed by atoms with van der Waals surface area (Å²) in [6.07, 6.45) is 4.35. The molecule has 2 aromatic carbocycles. The van der Waals surface area contributed by atoms with Crippen LogP contribution in [0.1, 0.15) is 64.0 Å². The highest BCUT2D eigenvalue weighted by Gasteiger charge is 2.42. The highest BCUT2D eigenvalue weighted by atomic mass is 16.7. The van der Waals surface area contributed by atoms with Crippen LogP contribution in [0.25, 0.3) is 0 Å². The van der Waals surface area contributed by atoms with Crippen molar-refractivity contribution in [2.45, 2.75) is 78.0 Å². The van der Waals surface area contributed by atoms with E-state index in [4.69, 9.17) is 14.2 Å². The van der Waals surface area contributed by atoms with Gasteiger partial charge in [-0.15, -0.1) is 0 Å². The van der Waals surface area contributed by atoms with Crippen molar-refractivity contribution in [3.63, 3.8) is 0 Å². The molecule has 2 unspecified atom stereocenters. The molecule has 0 spiro atoms. The standard InChI is InChI=1S/C32H43N3O5/c1-32(2,3)18-30(36)35(20-23-9-8-10-26(15-23)38-4)25-17-27(31(37)33-13-6-5-7-14-33)34(21-25)19-24-11-12-28-29(16-24)40-22-39-28/h8-12,15-16,25,27H,5-7,13-14,17-22H2,1-4H3. The van der Waals surface area contributed by atoms with Gasteiger partial charge in [0.1, 0.15) is 5.75 Å². The van der Waals surface area contributed by atoms with E-state index in [1.807, 2.05) is 52.3 Å². The van der Waals surface area contributed by atoms with Gasteiger partial charge >= 0.3 is 0 Å². The maximum Gasteiger partial charge on any atom is 0.240 e. The summed E-state index contributed by atoms with van der Waals surface area (Å²) in [5.41, 5.74) is 1.95. The van der Waals surface area contributed by atoms with Crippen LogP contribution in [0.4, 0.5) is 0 Å². The predicted molar refractivity (Wildman–Crippen MR) is 153 cm³/mol. The first-order valence-corrected chi connectivity index (χ1v) is 14.5.